The Balaban J connectivity index is 2.29. The van der Waals surface area contributed by atoms with Crippen LogP contribution in [-0.2, 0) is 9.53 Å². The van der Waals surface area contributed by atoms with Gasteiger partial charge in [0, 0.05) is 19.7 Å². The molecule has 2 aromatic carbocycles. The van der Waals surface area contributed by atoms with Gasteiger partial charge in [-0.05, 0) is 22.9 Å². The number of benzene rings is 2. The number of nitrogens with zero attached hydrogens (tertiary/aromatic N) is 1. The highest BCUT2D eigenvalue weighted by molar-refractivity contribution is 6.07. The van der Waals surface area contributed by atoms with Crippen LogP contribution in [0, 0.1) is 5.41 Å². The van der Waals surface area contributed by atoms with E-state index in [-0.39, 0.29) is 18.3 Å². The van der Waals surface area contributed by atoms with Gasteiger partial charge in [0.2, 0.25) is 0 Å². The fourth-order valence-corrected chi connectivity index (χ4v) is 1.96. The Morgan fingerprint density at radius 3 is 2.59 bits per heavy atom. The van der Waals surface area contributed by atoms with Crippen LogP contribution < -0.4 is 5.73 Å². The maximum Gasteiger partial charge on any atom is 0.339 e. The zero-order valence-corrected chi connectivity index (χ0v) is 12.4. The molecule has 1 amide bonds. The third-order valence-corrected chi connectivity index (χ3v) is 3.24. The van der Waals surface area contributed by atoms with Crippen molar-refractivity contribution in [1.82, 2.24) is 4.90 Å². The number of hydrogen-bond donors (Lipinski definition) is 2. The van der Waals surface area contributed by atoms with Crippen molar-refractivity contribution in [3.63, 3.8) is 0 Å². The Labute approximate surface area is 128 Å². The second kappa shape index (κ2) is 6.26. The lowest BCUT2D eigenvalue weighted by molar-refractivity contribution is -0.131. The van der Waals surface area contributed by atoms with Crippen molar-refractivity contribution in [3.8, 4) is 0 Å². The molecule has 0 saturated heterocycles. The minimum atomic E-state index is -0.559. The van der Waals surface area contributed by atoms with E-state index in [4.69, 9.17) is 15.9 Å². The molecule has 0 aromatic heterocycles. The molecule has 0 aliphatic carbocycles. The zero-order chi connectivity index (χ0) is 16.3. The Hall–Kier alpha value is -2.89. The van der Waals surface area contributed by atoms with Crippen LogP contribution in [0.1, 0.15) is 15.9 Å². The molecule has 114 valence electrons. The maximum atomic E-state index is 12.1. The summed E-state index contributed by atoms with van der Waals surface area (Å²) in [5, 5.41) is 8.91. The van der Waals surface area contributed by atoms with Crippen LogP contribution in [-0.4, -0.2) is 43.3 Å². The van der Waals surface area contributed by atoms with Crippen molar-refractivity contribution in [1.29, 1.82) is 5.41 Å². The van der Waals surface area contributed by atoms with Gasteiger partial charge in [-0.15, -0.1) is 0 Å². The normalized spacial score (nSPS) is 10.3. The molecule has 6 heteroatoms. The molecular formula is C16H17N3O3. The predicted octanol–water partition coefficient (Wildman–Crippen LogP) is 1.37. The molecule has 0 aliphatic heterocycles. The molecule has 0 aliphatic rings. The number of likely N-dealkylation sites (N-methyl/N-ethyl adjacent to an activating group) is 1. The monoisotopic (exact) mass is 299 g/mol. The number of nitrogen functional groups attached to an aromatic ring is 1. The summed E-state index contributed by atoms with van der Waals surface area (Å²) >= 11 is 0. The Kier molecular flexibility index (Phi) is 4.41. The lowest BCUT2D eigenvalue weighted by Crippen LogP contribution is -2.27. The molecule has 3 N–H and O–H groups in total. The van der Waals surface area contributed by atoms with E-state index in [0.29, 0.717) is 16.5 Å². The SMILES string of the molecule is CN(C)C(=O)COC(=O)c1cccc2cc(C(=N)N)ccc12. The summed E-state index contributed by atoms with van der Waals surface area (Å²) < 4.78 is 5.04. The van der Waals surface area contributed by atoms with E-state index in [1.54, 1.807) is 44.4 Å². The average Bonchev–Trinajstić information content (AvgIpc) is 2.50. The second-order valence-electron chi connectivity index (χ2n) is 5.02. The molecule has 0 saturated carbocycles. The van der Waals surface area contributed by atoms with Gasteiger partial charge in [-0.2, -0.15) is 0 Å². The largest absolute Gasteiger partial charge is 0.452 e. The van der Waals surface area contributed by atoms with Gasteiger partial charge in [0.25, 0.3) is 5.91 Å². The Morgan fingerprint density at radius 1 is 1.23 bits per heavy atom. The number of nitrogens with two attached hydrogens (primary N) is 1. The summed E-state index contributed by atoms with van der Waals surface area (Å²) in [4.78, 5) is 25.0. The van der Waals surface area contributed by atoms with Crippen LogP contribution in [0.15, 0.2) is 36.4 Å². The van der Waals surface area contributed by atoms with Crippen molar-refractivity contribution in [2.45, 2.75) is 0 Å². The molecule has 6 nitrogen and oxygen atoms in total. The number of esters is 1. The lowest BCUT2D eigenvalue weighted by Gasteiger charge is -2.11. The lowest BCUT2D eigenvalue weighted by atomic mass is 10.0. The van der Waals surface area contributed by atoms with Crippen molar-refractivity contribution in [2.75, 3.05) is 20.7 Å². The number of carbonyl (C=O) groups is 2. The Bertz CT molecular complexity index is 753. The standard InChI is InChI=1S/C16H17N3O3/c1-19(2)14(20)9-22-16(21)13-5-3-4-10-8-11(15(17)18)6-7-12(10)13/h3-8H,9H2,1-2H3,(H3,17,18). The Morgan fingerprint density at radius 2 is 1.95 bits per heavy atom. The van der Waals surface area contributed by atoms with Crippen molar-refractivity contribution < 1.29 is 14.3 Å². The van der Waals surface area contributed by atoms with Crippen LogP contribution >= 0.6 is 0 Å². The van der Waals surface area contributed by atoms with Crippen molar-refractivity contribution >= 4 is 28.5 Å². The van der Waals surface area contributed by atoms with Crippen LogP contribution in [0.25, 0.3) is 10.8 Å². The molecule has 2 rings (SSSR count). The van der Waals surface area contributed by atoms with Gasteiger partial charge in [0.15, 0.2) is 6.61 Å². The van der Waals surface area contributed by atoms with Gasteiger partial charge in [-0.25, -0.2) is 4.79 Å². The van der Waals surface area contributed by atoms with E-state index < -0.39 is 5.97 Å². The molecule has 0 unspecified atom stereocenters. The average molecular weight is 299 g/mol. The molecule has 0 heterocycles. The highest BCUT2D eigenvalue weighted by atomic mass is 16.5. The third kappa shape index (κ3) is 3.22. The highest BCUT2D eigenvalue weighted by Gasteiger charge is 2.14. The summed E-state index contributed by atoms with van der Waals surface area (Å²) in [6, 6.07) is 10.3. The van der Waals surface area contributed by atoms with E-state index in [0.717, 1.165) is 5.39 Å². The van der Waals surface area contributed by atoms with Crippen molar-refractivity contribution in [3.05, 3.63) is 47.5 Å². The number of ether oxygens (including phenoxy) is 1. The minimum Gasteiger partial charge on any atom is -0.452 e. The third-order valence-electron chi connectivity index (χ3n) is 3.24. The van der Waals surface area contributed by atoms with Gasteiger partial charge >= 0.3 is 5.97 Å². The van der Waals surface area contributed by atoms with Crippen LogP contribution in [0.2, 0.25) is 0 Å². The molecular weight excluding hydrogens is 282 g/mol. The molecule has 22 heavy (non-hydrogen) atoms. The van der Waals surface area contributed by atoms with Gasteiger partial charge in [-0.1, -0.05) is 24.3 Å². The fraction of sp³-hybridized carbons (Fsp3) is 0.188. The first kappa shape index (κ1) is 15.5. The maximum absolute atomic E-state index is 12.1. The molecule has 0 spiro atoms. The van der Waals surface area contributed by atoms with E-state index in [9.17, 15) is 9.59 Å². The van der Waals surface area contributed by atoms with E-state index in [2.05, 4.69) is 0 Å². The highest BCUT2D eigenvalue weighted by Crippen LogP contribution is 2.21. The second-order valence-corrected chi connectivity index (χ2v) is 5.02. The first-order valence-corrected chi connectivity index (χ1v) is 6.64. The topological polar surface area (TPSA) is 96.5 Å². The smallest absolute Gasteiger partial charge is 0.339 e. The van der Waals surface area contributed by atoms with Gasteiger partial charge in [0.1, 0.15) is 5.84 Å². The number of fused-ring (bicyclic) bond motifs is 1. The summed E-state index contributed by atoms with van der Waals surface area (Å²) in [6.45, 7) is -0.298. The summed E-state index contributed by atoms with van der Waals surface area (Å²) in [5.74, 6) is -0.879. The summed E-state index contributed by atoms with van der Waals surface area (Å²) in [5.41, 5.74) is 6.42. The predicted molar refractivity (Wildman–Crippen MR) is 83.9 cm³/mol. The van der Waals surface area contributed by atoms with Crippen LogP contribution in [0.5, 0.6) is 0 Å². The van der Waals surface area contributed by atoms with E-state index in [1.165, 1.54) is 4.90 Å². The number of amides is 1. The molecule has 0 bridgehead atoms. The number of hydrogen-bond acceptors (Lipinski definition) is 4. The first-order valence-electron chi connectivity index (χ1n) is 6.64. The molecule has 0 radical (unpaired) electrons. The van der Waals surface area contributed by atoms with E-state index >= 15 is 0 Å². The number of rotatable bonds is 4. The molecule has 2 aromatic rings. The number of amidine groups is 1. The van der Waals surface area contributed by atoms with Crippen LogP contribution in [0.3, 0.4) is 0 Å². The van der Waals surface area contributed by atoms with Gasteiger partial charge in [0.05, 0.1) is 5.56 Å². The zero-order valence-electron chi connectivity index (χ0n) is 12.4. The van der Waals surface area contributed by atoms with Crippen molar-refractivity contribution in [2.24, 2.45) is 5.73 Å². The number of nitrogens with one attached hydrogen (secondary N) is 1. The van der Waals surface area contributed by atoms with Gasteiger partial charge < -0.3 is 15.4 Å². The quantitative estimate of drug-likeness (QED) is 0.506. The van der Waals surface area contributed by atoms with Crippen LogP contribution in [0.4, 0.5) is 0 Å². The van der Waals surface area contributed by atoms with E-state index in [1.807, 2.05) is 6.07 Å². The minimum absolute atomic E-state index is 0.0357. The number of carbonyl (C=O) groups excluding carboxylic acids is 2. The summed E-state index contributed by atoms with van der Waals surface area (Å²) in [7, 11) is 3.19. The summed E-state index contributed by atoms with van der Waals surface area (Å²) in [6.07, 6.45) is 0. The van der Waals surface area contributed by atoms with Gasteiger partial charge in [-0.3, -0.25) is 10.2 Å². The molecule has 0 fully saturated rings. The first-order chi connectivity index (χ1) is 10.4. The molecule has 0 atom stereocenters. The fourth-order valence-electron chi connectivity index (χ4n) is 1.96.